The highest BCUT2D eigenvalue weighted by atomic mass is 35.5. The Morgan fingerprint density at radius 3 is 2.71 bits per heavy atom. The number of thioether (sulfide) groups is 1. The molecule has 1 aromatic carbocycles. The van der Waals surface area contributed by atoms with Crippen LogP contribution in [0.1, 0.15) is 11.1 Å². The maximum absolute atomic E-state index is 11.7. The largest absolute Gasteiger partial charge is 0.383 e. The number of carbonyl (C=O) groups is 1. The molecule has 0 aromatic heterocycles. The van der Waals surface area contributed by atoms with Crippen molar-refractivity contribution in [2.24, 2.45) is 0 Å². The average Bonchev–Trinajstić information content (AvgIpc) is 2.43. The molecule has 21 heavy (non-hydrogen) atoms. The second kappa shape index (κ2) is 11.9. The summed E-state index contributed by atoms with van der Waals surface area (Å²) < 4.78 is 4.92. The van der Waals surface area contributed by atoms with Gasteiger partial charge in [0.2, 0.25) is 5.91 Å². The quantitative estimate of drug-likeness (QED) is 0.537. The van der Waals surface area contributed by atoms with Gasteiger partial charge in [0.15, 0.2) is 0 Å². The SMILES string of the molecule is COCCNCCNC(=O)CSc1cc(C)ccc1C.Cl. The van der Waals surface area contributed by atoms with Crippen molar-refractivity contribution in [2.45, 2.75) is 18.7 Å². The predicted octanol–water partition coefficient (Wildman–Crippen LogP) is 2.17. The van der Waals surface area contributed by atoms with E-state index in [-0.39, 0.29) is 18.3 Å². The first-order valence-corrected chi connectivity index (χ1v) is 7.78. The Morgan fingerprint density at radius 2 is 2.00 bits per heavy atom. The van der Waals surface area contributed by atoms with Crippen molar-refractivity contribution < 1.29 is 9.53 Å². The fourth-order valence-corrected chi connectivity index (χ4v) is 2.60. The summed E-state index contributed by atoms with van der Waals surface area (Å²) in [6.45, 7) is 7.05. The lowest BCUT2D eigenvalue weighted by Gasteiger charge is -2.08. The summed E-state index contributed by atoms with van der Waals surface area (Å²) in [6, 6.07) is 6.31. The molecule has 0 atom stereocenters. The number of carbonyl (C=O) groups excluding carboxylic acids is 1. The van der Waals surface area contributed by atoms with Crippen molar-refractivity contribution in [3.05, 3.63) is 29.3 Å². The van der Waals surface area contributed by atoms with Gasteiger partial charge in [-0.25, -0.2) is 0 Å². The van der Waals surface area contributed by atoms with Gasteiger partial charge in [0.25, 0.3) is 0 Å². The van der Waals surface area contributed by atoms with Crippen molar-refractivity contribution in [1.82, 2.24) is 10.6 Å². The number of methoxy groups -OCH3 is 1. The third-order valence-corrected chi connectivity index (χ3v) is 3.97. The Bertz CT molecular complexity index is 430. The fraction of sp³-hybridized carbons (Fsp3) is 0.533. The lowest BCUT2D eigenvalue weighted by atomic mass is 10.2. The number of hydrogen-bond acceptors (Lipinski definition) is 4. The highest BCUT2D eigenvalue weighted by Gasteiger charge is 2.04. The number of aryl methyl sites for hydroxylation is 2. The zero-order valence-corrected chi connectivity index (χ0v) is 14.5. The highest BCUT2D eigenvalue weighted by Crippen LogP contribution is 2.23. The number of ether oxygens (including phenoxy) is 1. The molecule has 0 aliphatic rings. The molecule has 0 bridgehead atoms. The molecule has 0 saturated heterocycles. The summed E-state index contributed by atoms with van der Waals surface area (Å²) in [6.07, 6.45) is 0. The highest BCUT2D eigenvalue weighted by molar-refractivity contribution is 8.00. The van der Waals surface area contributed by atoms with Crippen molar-refractivity contribution in [3.63, 3.8) is 0 Å². The molecule has 2 N–H and O–H groups in total. The van der Waals surface area contributed by atoms with Gasteiger partial charge in [0.05, 0.1) is 12.4 Å². The minimum Gasteiger partial charge on any atom is -0.383 e. The molecule has 120 valence electrons. The number of halogens is 1. The van der Waals surface area contributed by atoms with E-state index in [9.17, 15) is 4.79 Å². The molecule has 0 saturated carbocycles. The van der Waals surface area contributed by atoms with E-state index in [1.807, 2.05) is 0 Å². The van der Waals surface area contributed by atoms with Gasteiger partial charge in [0.1, 0.15) is 0 Å². The predicted molar refractivity (Wildman–Crippen MR) is 91.6 cm³/mol. The molecule has 0 aliphatic heterocycles. The van der Waals surface area contributed by atoms with Crippen molar-refractivity contribution in [1.29, 1.82) is 0 Å². The van der Waals surface area contributed by atoms with E-state index in [0.29, 0.717) is 18.9 Å². The Morgan fingerprint density at radius 1 is 1.24 bits per heavy atom. The first-order valence-electron chi connectivity index (χ1n) is 6.80. The first kappa shape index (κ1) is 20.2. The summed E-state index contributed by atoms with van der Waals surface area (Å²) in [5.41, 5.74) is 2.44. The zero-order valence-electron chi connectivity index (χ0n) is 12.9. The topological polar surface area (TPSA) is 50.4 Å². The van der Waals surface area contributed by atoms with Crippen LogP contribution in [0.25, 0.3) is 0 Å². The fourth-order valence-electron chi connectivity index (χ4n) is 1.65. The van der Waals surface area contributed by atoms with Gasteiger partial charge in [-0.15, -0.1) is 24.2 Å². The summed E-state index contributed by atoms with van der Waals surface area (Å²) in [5.74, 6) is 0.534. The monoisotopic (exact) mass is 332 g/mol. The number of rotatable bonds is 9. The molecule has 1 rings (SSSR count). The number of benzene rings is 1. The molecule has 0 heterocycles. The molecule has 0 fully saturated rings. The average molecular weight is 333 g/mol. The van der Waals surface area contributed by atoms with Crippen LogP contribution in [0.2, 0.25) is 0 Å². The second-order valence-corrected chi connectivity index (χ2v) is 5.67. The van der Waals surface area contributed by atoms with Crippen molar-refractivity contribution in [2.75, 3.05) is 39.1 Å². The Hall–Kier alpha value is -0.750. The maximum Gasteiger partial charge on any atom is 0.230 e. The van der Waals surface area contributed by atoms with Gasteiger partial charge in [-0.1, -0.05) is 17.7 Å². The number of amides is 1. The van der Waals surface area contributed by atoms with Crippen molar-refractivity contribution >= 4 is 30.1 Å². The lowest BCUT2D eigenvalue weighted by Crippen LogP contribution is -2.33. The molecule has 4 nitrogen and oxygen atoms in total. The minimum absolute atomic E-state index is 0. The van der Waals surface area contributed by atoms with Gasteiger partial charge < -0.3 is 15.4 Å². The zero-order chi connectivity index (χ0) is 14.8. The van der Waals surface area contributed by atoms with Crippen LogP contribution in [0.5, 0.6) is 0 Å². The maximum atomic E-state index is 11.7. The number of nitrogens with one attached hydrogen (secondary N) is 2. The molecule has 0 aliphatic carbocycles. The van der Waals surface area contributed by atoms with E-state index < -0.39 is 0 Å². The second-order valence-electron chi connectivity index (χ2n) is 4.65. The van der Waals surface area contributed by atoms with Gasteiger partial charge >= 0.3 is 0 Å². The van der Waals surface area contributed by atoms with Crippen LogP contribution in [0.15, 0.2) is 23.1 Å². The van der Waals surface area contributed by atoms with Crippen LogP contribution in [-0.2, 0) is 9.53 Å². The van der Waals surface area contributed by atoms with Gasteiger partial charge in [0, 0.05) is 31.6 Å². The van der Waals surface area contributed by atoms with Crippen LogP contribution < -0.4 is 10.6 Å². The van der Waals surface area contributed by atoms with Crippen LogP contribution in [0.3, 0.4) is 0 Å². The Labute approximate surface area is 137 Å². The van der Waals surface area contributed by atoms with Gasteiger partial charge in [-0.05, 0) is 25.5 Å². The molecule has 6 heteroatoms. The smallest absolute Gasteiger partial charge is 0.230 e. The van der Waals surface area contributed by atoms with E-state index in [0.717, 1.165) is 13.1 Å². The molecular formula is C15H25ClN2O2S. The van der Waals surface area contributed by atoms with E-state index in [4.69, 9.17) is 4.74 Å². The first-order chi connectivity index (χ1) is 9.63. The summed E-state index contributed by atoms with van der Waals surface area (Å²) in [4.78, 5) is 12.9. The van der Waals surface area contributed by atoms with Crippen LogP contribution in [0, 0.1) is 13.8 Å². The summed E-state index contributed by atoms with van der Waals surface area (Å²) in [7, 11) is 1.67. The van der Waals surface area contributed by atoms with E-state index in [1.165, 1.54) is 16.0 Å². The van der Waals surface area contributed by atoms with Crippen molar-refractivity contribution in [3.8, 4) is 0 Å². The van der Waals surface area contributed by atoms with Crippen LogP contribution in [0.4, 0.5) is 0 Å². The minimum atomic E-state index is 0. The molecule has 1 amide bonds. The standard InChI is InChI=1S/C15H24N2O2S.ClH/c1-12-4-5-13(2)14(10-12)20-11-15(18)17-7-6-16-8-9-19-3;/h4-5,10,16H,6-9,11H2,1-3H3,(H,17,18);1H. The normalized spacial score (nSPS) is 10.0. The molecule has 0 radical (unpaired) electrons. The lowest BCUT2D eigenvalue weighted by molar-refractivity contribution is -0.118. The Kier molecular flexibility index (Phi) is 11.4. The third-order valence-electron chi connectivity index (χ3n) is 2.81. The van der Waals surface area contributed by atoms with Crippen LogP contribution >= 0.6 is 24.2 Å². The van der Waals surface area contributed by atoms with E-state index >= 15 is 0 Å². The molecule has 0 spiro atoms. The van der Waals surface area contributed by atoms with E-state index in [1.54, 1.807) is 18.9 Å². The third kappa shape index (κ3) is 8.98. The van der Waals surface area contributed by atoms with Gasteiger partial charge in [-0.3, -0.25) is 4.79 Å². The van der Waals surface area contributed by atoms with Gasteiger partial charge in [-0.2, -0.15) is 0 Å². The Balaban J connectivity index is 0.00000400. The molecule has 0 unspecified atom stereocenters. The number of hydrogen-bond donors (Lipinski definition) is 2. The summed E-state index contributed by atoms with van der Waals surface area (Å²) >= 11 is 1.59. The summed E-state index contributed by atoms with van der Waals surface area (Å²) in [5, 5.41) is 6.09. The molecular weight excluding hydrogens is 308 g/mol. The van der Waals surface area contributed by atoms with Crippen LogP contribution in [-0.4, -0.2) is 45.0 Å². The van der Waals surface area contributed by atoms with E-state index in [2.05, 4.69) is 42.7 Å². The molecule has 1 aromatic rings.